The van der Waals surface area contributed by atoms with Crippen LogP contribution < -0.4 is 67.0 Å². The Morgan fingerprint density at radius 2 is 1.20 bits per heavy atom. The van der Waals surface area contributed by atoms with Gasteiger partial charge >= 0.3 is 86.1 Å². The van der Waals surface area contributed by atoms with Crippen molar-refractivity contribution < 1.29 is 84.8 Å². The Labute approximate surface area is 101 Å². The average molecular weight is 218 g/mol. The Morgan fingerprint density at radius 1 is 1.20 bits per heavy atom. The monoisotopic (exact) mass is 218 g/mol. The zero-order valence-electron chi connectivity index (χ0n) is 5.07. The molecule has 0 bridgehead atoms. The SMILES string of the molecule is NC(N)=O.[K+].[O]=[Mn](=[O])(=[O])[O-]. The van der Waals surface area contributed by atoms with Crippen molar-refractivity contribution in [3.05, 3.63) is 0 Å². The quantitative estimate of drug-likeness (QED) is 0.389. The third-order valence-corrected chi connectivity index (χ3v) is 0. The summed E-state index contributed by atoms with van der Waals surface area (Å²) in [6.45, 7) is 0. The van der Waals surface area contributed by atoms with Gasteiger partial charge in [0.05, 0.1) is 0 Å². The Bertz CT molecular complexity index is 205. The molecule has 0 aliphatic carbocycles. The molecule has 56 valence electrons. The van der Waals surface area contributed by atoms with Gasteiger partial charge in [0.25, 0.3) is 0 Å². The number of hydrogen-bond donors (Lipinski definition) is 2. The standard InChI is InChI=1S/CH4N2O.K.Mn.4O/c2-1(3)4;;;;;;/h(H4,2,3,4);;;;;;/q;+1;;;;;-1. The molecule has 0 atom stereocenters. The van der Waals surface area contributed by atoms with Crippen LogP contribution in [-0.2, 0) is 24.5 Å². The molecule has 0 aliphatic heterocycles. The molecule has 0 aromatic carbocycles. The van der Waals surface area contributed by atoms with Gasteiger partial charge in [0.2, 0.25) is 0 Å². The van der Waals surface area contributed by atoms with Crippen LogP contribution in [0.25, 0.3) is 0 Å². The van der Waals surface area contributed by atoms with Crippen LogP contribution in [0.4, 0.5) is 4.79 Å². The van der Waals surface area contributed by atoms with Crippen LogP contribution in [0.3, 0.4) is 0 Å². The Hall–Kier alpha value is 0.786. The van der Waals surface area contributed by atoms with E-state index in [4.69, 9.17) is 20.5 Å². The zero-order chi connectivity index (χ0) is 8.08. The first-order valence-corrected chi connectivity index (χ1v) is 3.33. The summed E-state index contributed by atoms with van der Waals surface area (Å²) in [6, 6.07) is -0.833. The van der Waals surface area contributed by atoms with E-state index in [0.29, 0.717) is 0 Å². The fourth-order valence-corrected chi connectivity index (χ4v) is 0. The number of carbonyl (C=O) groups excluding carboxylic acids is 1. The number of hydrogen-bond acceptors (Lipinski definition) is 5. The fourth-order valence-electron chi connectivity index (χ4n) is 0. The molecule has 0 radical (unpaired) electrons. The van der Waals surface area contributed by atoms with E-state index in [-0.39, 0.29) is 51.4 Å². The molecule has 0 fully saturated rings. The van der Waals surface area contributed by atoms with Gasteiger partial charge in [0.1, 0.15) is 0 Å². The van der Waals surface area contributed by atoms with Gasteiger partial charge in [-0.05, 0) is 0 Å². The number of primary amides is 2. The molecule has 0 aromatic heterocycles. The molecule has 0 aromatic rings. The van der Waals surface area contributed by atoms with E-state index in [0.717, 1.165) is 0 Å². The van der Waals surface area contributed by atoms with Gasteiger partial charge in [-0.1, -0.05) is 0 Å². The predicted molar refractivity (Wildman–Crippen MR) is 15.8 cm³/mol. The zero-order valence-corrected chi connectivity index (χ0v) is 9.38. The van der Waals surface area contributed by atoms with Crippen molar-refractivity contribution in [1.29, 1.82) is 0 Å². The molecule has 7 nitrogen and oxygen atoms in total. The summed E-state index contributed by atoms with van der Waals surface area (Å²) in [5.41, 5.74) is 8.50. The van der Waals surface area contributed by atoms with Crippen molar-refractivity contribution in [2.45, 2.75) is 0 Å². The van der Waals surface area contributed by atoms with Gasteiger partial charge in [-0.25, -0.2) is 4.79 Å². The number of amides is 2. The molecule has 4 N–H and O–H groups in total. The minimum absolute atomic E-state index is 0. The topological polar surface area (TPSA) is 143 Å². The molecular formula is CH4KMnN2O5. The van der Waals surface area contributed by atoms with E-state index < -0.39 is 19.0 Å². The van der Waals surface area contributed by atoms with Crippen molar-refractivity contribution in [3.63, 3.8) is 0 Å². The minimum atomic E-state index is -5.62. The van der Waals surface area contributed by atoms with Crippen LogP contribution in [0.5, 0.6) is 0 Å². The summed E-state index contributed by atoms with van der Waals surface area (Å²) in [6.07, 6.45) is 0. The van der Waals surface area contributed by atoms with Crippen LogP contribution in [0.1, 0.15) is 0 Å². The summed E-state index contributed by atoms with van der Waals surface area (Å²) in [7, 11) is 0. The van der Waals surface area contributed by atoms with E-state index in [1.165, 1.54) is 0 Å². The van der Waals surface area contributed by atoms with Crippen LogP contribution >= 0.6 is 0 Å². The molecule has 0 spiro atoms. The second-order valence-corrected chi connectivity index (χ2v) is 1.96. The van der Waals surface area contributed by atoms with E-state index in [9.17, 15) is 0 Å². The molecule has 0 saturated carbocycles. The van der Waals surface area contributed by atoms with Gasteiger partial charge in [0.15, 0.2) is 0 Å². The molecule has 0 unspecified atom stereocenters. The summed E-state index contributed by atoms with van der Waals surface area (Å²) in [4.78, 5) is 9.00. The normalized spacial score (nSPS) is 8.10. The summed E-state index contributed by atoms with van der Waals surface area (Å²) >= 11 is -5.62. The number of rotatable bonds is 0. The van der Waals surface area contributed by atoms with Gasteiger partial charge in [-0.3, -0.25) is 0 Å². The van der Waals surface area contributed by atoms with Crippen molar-refractivity contribution in [2.24, 2.45) is 11.5 Å². The first kappa shape index (κ1) is 17.0. The molecule has 9 heteroatoms. The number of urea groups is 1. The number of nitrogens with two attached hydrogens (primary N) is 2. The Morgan fingerprint density at radius 3 is 1.20 bits per heavy atom. The van der Waals surface area contributed by atoms with Crippen LogP contribution in [0.15, 0.2) is 0 Å². The summed E-state index contributed by atoms with van der Waals surface area (Å²) in [5, 5.41) is 0. The van der Waals surface area contributed by atoms with Crippen LogP contribution in [0, 0.1) is 0 Å². The maximum absolute atomic E-state index is 9.00. The first-order chi connectivity index (χ1) is 3.73. The van der Waals surface area contributed by atoms with Crippen LogP contribution in [0.2, 0.25) is 0 Å². The second-order valence-electron chi connectivity index (χ2n) is 0.780. The molecule has 2 amide bonds. The molecule has 10 heavy (non-hydrogen) atoms. The van der Waals surface area contributed by atoms with E-state index in [1.54, 1.807) is 0 Å². The summed E-state index contributed by atoms with van der Waals surface area (Å²) < 4.78 is 34.3. The fraction of sp³-hybridized carbons (Fsp3) is 0. The van der Waals surface area contributed by atoms with Crippen molar-refractivity contribution in [1.82, 2.24) is 0 Å². The molecule has 0 aliphatic rings. The third kappa shape index (κ3) is 862. The van der Waals surface area contributed by atoms with Gasteiger partial charge in [-0.15, -0.1) is 0 Å². The second kappa shape index (κ2) is 7.89. The van der Waals surface area contributed by atoms with Gasteiger partial charge in [-0.2, -0.15) is 0 Å². The van der Waals surface area contributed by atoms with E-state index in [2.05, 4.69) is 11.5 Å². The van der Waals surface area contributed by atoms with Crippen molar-refractivity contribution in [3.8, 4) is 0 Å². The summed E-state index contributed by atoms with van der Waals surface area (Å²) in [5.74, 6) is 0. The van der Waals surface area contributed by atoms with E-state index in [1.807, 2.05) is 0 Å². The van der Waals surface area contributed by atoms with Crippen molar-refractivity contribution >= 4 is 6.03 Å². The maximum atomic E-state index is 9.00. The Balaban J connectivity index is -0.0000000910. The van der Waals surface area contributed by atoms with Gasteiger partial charge in [0, 0.05) is 0 Å². The Kier molecular flexibility index (Phi) is 13.4. The van der Waals surface area contributed by atoms with E-state index >= 15 is 0 Å². The predicted octanol–water partition coefficient (Wildman–Crippen LogP) is -5.52. The molecule has 0 heterocycles. The molecule has 0 rings (SSSR count). The number of carbonyl (C=O) groups is 1. The van der Waals surface area contributed by atoms with Crippen molar-refractivity contribution in [2.75, 3.05) is 0 Å². The average Bonchev–Trinajstić information content (AvgIpc) is 1.19. The van der Waals surface area contributed by atoms with Gasteiger partial charge < -0.3 is 11.5 Å². The van der Waals surface area contributed by atoms with Crippen LogP contribution in [-0.4, -0.2) is 6.03 Å². The molecular weight excluding hydrogens is 214 g/mol. The third-order valence-electron chi connectivity index (χ3n) is 0. The molecule has 0 saturated heterocycles. The first-order valence-electron chi connectivity index (χ1n) is 1.40.